The minimum Gasteiger partial charge on any atom is -0.493 e. The van der Waals surface area contributed by atoms with E-state index in [2.05, 4.69) is 4.74 Å². The summed E-state index contributed by atoms with van der Waals surface area (Å²) >= 11 is 0. The highest BCUT2D eigenvalue weighted by Crippen LogP contribution is 2.34. The number of fused-ring (bicyclic) bond motifs is 1. The van der Waals surface area contributed by atoms with Gasteiger partial charge in [0.2, 0.25) is 0 Å². The SMILES string of the molecule is COc1cccc(/C=C/C(=O)N2CCc3ccc([N+](=O)[O-])cc32)c1OC(F)F. The number of rotatable bonds is 6. The molecule has 146 valence electrons. The number of halogens is 2. The lowest BCUT2D eigenvalue weighted by molar-refractivity contribution is -0.384. The van der Waals surface area contributed by atoms with Crippen LogP contribution in [-0.2, 0) is 11.2 Å². The fourth-order valence-corrected chi connectivity index (χ4v) is 3.00. The summed E-state index contributed by atoms with van der Waals surface area (Å²) in [6.07, 6.45) is 3.13. The second-order valence-electron chi connectivity index (χ2n) is 5.90. The van der Waals surface area contributed by atoms with Crippen molar-refractivity contribution in [3.63, 3.8) is 0 Å². The van der Waals surface area contributed by atoms with Crippen molar-refractivity contribution in [2.45, 2.75) is 13.0 Å². The second-order valence-corrected chi connectivity index (χ2v) is 5.90. The zero-order valence-corrected chi connectivity index (χ0v) is 14.8. The number of hydrogen-bond acceptors (Lipinski definition) is 5. The molecule has 7 nitrogen and oxygen atoms in total. The molecule has 0 spiro atoms. The van der Waals surface area contributed by atoms with Crippen LogP contribution >= 0.6 is 0 Å². The van der Waals surface area contributed by atoms with Crippen molar-refractivity contribution in [2.24, 2.45) is 0 Å². The van der Waals surface area contributed by atoms with Crippen molar-refractivity contribution in [1.82, 2.24) is 0 Å². The average molecular weight is 390 g/mol. The molecule has 0 aromatic heterocycles. The van der Waals surface area contributed by atoms with E-state index in [0.717, 1.165) is 5.56 Å². The number of nitro benzene ring substituents is 1. The summed E-state index contributed by atoms with van der Waals surface area (Å²) in [6, 6.07) is 8.92. The van der Waals surface area contributed by atoms with Gasteiger partial charge in [0.1, 0.15) is 0 Å². The van der Waals surface area contributed by atoms with E-state index in [1.54, 1.807) is 12.1 Å². The highest BCUT2D eigenvalue weighted by Gasteiger charge is 2.25. The number of non-ortho nitro benzene ring substituents is 1. The Balaban J connectivity index is 1.87. The van der Waals surface area contributed by atoms with Crippen LogP contribution in [0.5, 0.6) is 11.5 Å². The number of hydrogen-bond donors (Lipinski definition) is 0. The van der Waals surface area contributed by atoms with Gasteiger partial charge in [0, 0.05) is 30.3 Å². The molecule has 0 radical (unpaired) electrons. The number of benzene rings is 2. The van der Waals surface area contributed by atoms with E-state index < -0.39 is 17.4 Å². The summed E-state index contributed by atoms with van der Waals surface area (Å²) in [4.78, 5) is 24.5. The third kappa shape index (κ3) is 3.93. The van der Waals surface area contributed by atoms with E-state index in [1.165, 1.54) is 48.4 Å². The number of carbonyl (C=O) groups is 1. The average Bonchev–Trinajstić information content (AvgIpc) is 3.09. The van der Waals surface area contributed by atoms with Gasteiger partial charge in [-0.05, 0) is 24.1 Å². The molecule has 28 heavy (non-hydrogen) atoms. The molecule has 0 saturated carbocycles. The summed E-state index contributed by atoms with van der Waals surface area (Å²) in [5, 5.41) is 11.0. The Labute approximate surface area is 158 Å². The summed E-state index contributed by atoms with van der Waals surface area (Å²) in [5.74, 6) is -0.497. The van der Waals surface area contributed by atoms with Crippen molar-refractivity contribution in [1.29, 1.82) is 0 Å². The lowest BCUT2D eigenvalue weighted by Crippen LogP contribution is -2.26. The third-order valence-corrected chi connectivity index (χ3v) is 4.28. The zero-order valence-electron chi connectivity index (χ0n) is 14.8. The first kappa shape index (κ1) is 19.3. The first-order valence-electron chi connectivity index (χ1n) is 8.29. The van der Waals surface area contributed by atoms with Crippen LogP contribution in [0.25, 0.3) is 6.08 Å². The van der Waals surface area contributed by atoms with Crippen LogP contribution in [0.15, 0.2) is 42.5 Å². The number of alkyl halides is 2. The lowest BCUT2D eigenvalue weighted by atomic mass is 10.1. The molecule has 0 bridgehead atoms. The van der Waals surface area contributed by atoms with Crippen LogP contribution < -0.4 is 14.4 Å². The number of nitro groups is 1. The summed E-state index contributed by atoms with van der Waals surface area (Å²) < 4.78 is 34.9. The number of nitrogens with zero attached hydrogens (tertiary/aromatic N) is 2. The lowest BCUT2D eigenvalue weighted by Gasteiger charge is -2.15. The first-order valence-corrected chi connectivity index (χ1v) is 8.29. The van der Waals surface area contributed by atoms with Gasteiger partial charge in [-0.15, -0.1) is 0 Å². The highest BCUT2D eigenvalue weighted by atomic mass is 19.3. The van der Waals surface area contributed by atoms with E-state index >= 15 is 0 Å². The van der Waals surface area contributed by atoms with Crippen molar-refractivity contribution in [3.8, 4) is 11.5 Å². The largest absolute Gasteiger partial charge is 0.493 e. The molecule has 0 aliphatic carbocycles. The number of carbonyl (C=O) groups excluding carboxylic acids is 1. The zero-order chi connectivity index (χ0) is 20.3. The maximum atomic E-state index is 12.7. The number of methoxy groups -OCH3 is 1. The Morgan fingerprint density at radius 2 is 2.11 bits per heavy atom. The van der Waals surface area contributed by atoms with Gasteiger partial charge in [-0.3, -0.25) is 14.9 Å². The van der Waals surface area contributed by atoms with Crippen LogP contribution in [0.1, 0.15) is 11.1 Å². The fraction of sp³-hybridized carbons (Fsp3) is 0.211. The highest BCUT2D eigenvalue weighted by molar-refractivity contribution is 6.05. The molecule has 1 aliphatic rings. The molecular weight excluding hydrogens is 374 g/mol. The molecule has 0 N–H and O–H groups in total. The molecule has 1 amide bonds. The molecule has 3 rings (SSSR count). The molecular formula is C19H16F2N2O5. The van der Waals surface area contributed by atoms with Gasteiger partial charge in [-0.25, -0.2) is 0 Å². The third-order valence-electron chi connectivity index (χ3n) is 4.28. The van der Waals surface area contributed by atoms with Crippen LogP contribution in [-0.4, -0.2) is 31.1 Å². The molecule has 1 heterocycles. The second kappa shape index (κ2) is 8.03. The normalized spacial score (nSPS) is 13.1. The fourth-order valence-electron chi connectivity index (χ4n) is 3.00. The van der Waals surface area contributed by atoms with E-state index in [9.17, 15) is 23.7 Å². The Hall–Kier alpha value is -3.49. The standard InChI is InChI=1S/C19H16F2N2O5/c1-27-16-4-2-3-13(18(16)28-19(20)21)6-8-17(24)22-10-9-12-5-7-14(23(25)26)11-15(12)22/h2-8,11,19H,9-10H2,1H3/b8-6+. The Morgan fingerprint density at radius 1 is 1.32 bits per heavy atom. The monoisotopic (exact) mass is 390 g/mol. The number of para-hydroxylation sites is 1. The van der Waals surface area contributed by atoms with Crippen LogP contribution in [0.3, 0.4) is 0 Å². The Kier molecular flexibility index (Phi) is 5.53. The van der Waals surface area contributed by atoms with Gasteiger partial charge in [0.05, 0.1) is 17.7 Å². The topological polar surface area (TPSA) is 81.9 Å². The van der Waals surface area contributed by atoms with Gasteiger partial charge in [0.25, 0.3) is 11.6 Å². The summed E-state index contributed by atoms with van der Waals surface area (Å²) in [6.45, 7) is -2.68. The van der Waals surface area contributed by atoms with E-state index in [4.69, 9.17) is 4.74 Å². The predicted molar refractivity (Wildman–Crippen MR) is 97.8 cm³/mol. The van der Waals surface area contributed by atoms with E-state index in [-0.39, 0.29) is 22.7 Å². The quantitative estimate of drug-likeness (QED) is 0.426. The number of anilines is 1. The molecule has 9 heteroatoms. The maximum absolute atomic E-state index is 12.7. The van der Waals surface area contributed by atoms with Gasteiger partial charge >= 0.3 is 6.61 Å². The van der Waals surface area contributed by atoms with Crippen LogP contribution in [0.4, 0.5) is 20.2 Å². The van der Waals surface area contributed by atoms with Crippen molar-refractivity contribution in [2.75, 3.05) is 18.6 Å². The predicted octanol–water partition coefficient (Wildman–Crippen LogP) is 3.81. The molecule has 0 atom stereocenters. The van der Waals surface area contributed by atoms with Crippen molar-refractivity contribution < 1.29 is 28.0 Å². The van der Waals surface area contributed by atoms with Gasteiger partial charge in [-0.1, -0.05) is 18.2 Å². The molecule has 2 aromatic rings. The molecule has 0 fully saturated rings. The number of amides is 1. The minimum absolute atomic E-state index is 0.108. The molecule has 2 aromatic carbocycles. The Morgan fingerprint density at radius 3 is 2.79 bits per heavy atom. The Bertz CT molecular complexity index is 946. The molecule has 1 aliphatic heterocycles. The molecule has 0 unspecified atom stereocenters. The van der Waals surface area contributed by atoms with Crippen LogP contribution in [0, 0.1) is 10.1 Å². The number of ether oxygens (including phenoxy) is 2. The van der Waals surface area contributed by atoms with E-state index in [1.807, 2.05) is 0 Å². The minimum atomic E-state index is -3.05. The van der Waals surface area contributed by atoms with Gasteiger partial charge in [-0.2, -0.15) is 8.78 Å². The van der Waals surface area contributed by atoms with Crippen molar-refractivity contribution in [3.05, 3.63) is 63.7 Å². The smallest absolute Gasteiger partial charge is 0.387 e. The summed E-state index contributed by atoms with van der Waals surface area (Å²) in [7, 11) is 1.32. The van der Waals surface area contributed by atoms with Gasteiger partial charge < -0.3 is 14.4 Å². The first-order chi connectivity index (χ1) is 13.4. The maximum Gasteiger partial charge on any atom is 0.387 e. The van der Waals surface area contributed by atoms with Gasteiger partial charge in [0.15, 0.2) is 11.5 Å². The van der Waals surface area contributed by atoms with Crippen molar-refractivity contribution >= 4 is 23.4 Å². The molecule has 0 saturated heterocycles. The van der Waals surface area contributed by atoms with Crippen LogP contribution in [0.2, 0.25) is 0 Å². The summed E-state index contributed by atoms with van der Waals surface area (Å²) in [5.41, 5.74) is 1.43. The van der Waals surface area contributed by atoms with E-state index in [0.29, 0.717) is 18.7 Å².